The minimum absolute atomic E-state index is 0.171. The van der Waals surface area contributed by atoms with Crippen LogP contribution in [0.5, 0.6) is 0 Å². The van der Waals surface area contributed by atoms with Crippen LogP contribution in [0, 0.1) is 0 Å². The molecule has 0 bridgehead atoms. The van der Waals surface area contributed by atoms with Crippen molar-refractivity contribution in [2.24, 2.45) is 0 Å². The van der Waals surface area contributed by atoms with E-state index in [0.717, 1.165) is 11.9 Å². The van der Waals surface area contributed by atoms with E-state index in [9.17, 15) is 5.11 Å². The molecule has 2 nitrogen and oxygen atoms in total. The van der Waals surface area contributed by atoms with Gasteiger partial charge in [0.15, 0.2) is 0 Å². The van der Waals surface area contributed by atoms with Crippen LogP contribution in [0.4, 0.5) is 0 Å². The highest BCUT2D eigenvalue weighted by Crippen LogP contribution is 1.99. The molecule has 0 aliphatic rings. The highest BCUT2D eigenvalue weighted by Gasteiger charge is 2.09. The highest BCUT2D eigenvalue weighted by atomic mass is 16.5. The fourth-order valence-corrected chi connectivity index (χ4v) is 1.13. The Balaban J connectivity index is 2.44. The molecule has 0 aliphatic heterocycles. The lowest BCUT2D eigenvalue weighted by Crippen LogP contribution is -2.29. The summed E-state index contributed by atoms with van der Waals surface area (Å²) in [4.78, 5) is 0. The van der Waals surface area contributed by atoms with Gasteiger partial charge >= 0.3 is 7.48 Å². The first kappa shape index (κ1) is 12.3. The first-order valence-electron chi connectivity index (χ1n) is 5.39. The van der Waals surface area contributed by atoms with Crippen LogP contribution in [-0.4, -0.2) is 24.8 Å². The molecule has 15 heavy (non-hydrogen) atoms. The van der Waals surface area contributed by atoms with Gasteiger partial charge in [0.25, 0.3) is 0 Å². The SMILES string of the molecule is CCc1ccc([B]OC(C)C(C)O)cc1. The van der Waals surface area contributed by atoms with Crippen molar-refractivity contribution in [2.75, 3.05) is 0 Å². The van der Waals surface area contributed by atoms with Crippen molar-refractivity contribution in [1.82, 2.24) is 0 Å². The van der Waals surface area contributed by atoms with Crippen molar-refractivity contribution in [1.29, 1.82) is 0 Å². The van der Waals surface area contributed by atoms with E-state index in [1.54, 1.807) is 14.4 Å². The number of rotatable bonds is 5. The number of hydrogen-bond donors (Lipinski definition) is 1. The maximum atomic E-state index is 9.24. The molecule has 2 unspecified atom stereocenters. The molecule has 0 aliphatic carbocycles. The topological polar surface area (TPSA) is 29.5 Å². The van der Waals surface area contributed by atoms with Crippen LogP contribution >= 0.6 is 0 Å². The standard InChI is InChI=1S/C12H18BO2/c1-4-11-5-7-12(8-6-11)13-15-10(3)9(2)14/h5-10,14H,4H2,1-3H3. The van der Waals surface area contributed by atoms with Crippen LogP contribution in [0.1, 0.15) is 26.3 Å². The molecule has 0 spiro atoms. The van der Waals surface area contributed by atoms with Crippen molar-refractivity contribution >= 4 is 12.9 Å². The number of aliphatic hydroxyl groups is 1. The van der Waals surface area contributed by atoms with Gasteiger partial charge in [0.1, 0.15) is 0 Å². The zero-order chi connectivity index (χ0) is 11.3. The molecule has 0 heterocycles. The van der Waals surface area contributed by atoms with Crippen LogP contribution in [0.2, 0.25) is 0 Å². The second kappa shape index (κ2) is 5.94. The molecule has 0 saturated heterocycles. The Labute approximate surface area is 92.6 Å². The predicted molar refractivity (Wildman–Crippen MR) is 63.4 cm³/mol. The lowest BCUT2D eigenvalue weighted by Gasteiger charge is -2.15. The summed E-state index contributed by atoms with van der Waals surface area (Å²) in [5.41, 5.74) is 2.34. The molecule has 0 fully saturated rings. The summed E-state index contributed by atoms with van der Waals surface area (Å²) in [6.07, 6.45) is 0.428. The van der Waals surface area contributed by atoms with E-state index >= 15 is 0 Å². The Kier molecular flexibility index (Phi) is 4.86. The zero-order valence-corrected chi connectivity index (χ0v) is 9.60. The summed E-state index contributed by atoms with van der Waals surface area (Å²) in [6.45, 7) is 5.70. The zero-order valence-electron chi connectivity index (χ0n) is 9.60. The molecule has 1 rings (SSSR count). The second-order valence-corrected chi connectivity index (χ2v) is 3.79. The van der Waals surface area contributed by atoms with Gasteiger partial charge in [0.2, 0.25) is 0 Å². The summed E-state index contributed by atoms with van der Waals surface area (Å²) in [6, 6.07) is 8.21. The monoisotopic (exact) mass is 205 g/mol. The molecule has 1 radical (unpaired) electrons. The van der Waals surface area contributed by atoms with Crippen molar-refractivity contribution in [3.8, 4) is 0 Å². The van der Waals surface area contributed by atoms with Gasteiger partial charge in [-0.15, -0.1) is 0 Å². The van der Waals surface area contributed by atoms with E-state index in [2.05, 4.69) is 19.1 Å². The van der Waals surface area contributed by atoms with Crippen molar-refractivity contribution in [3.63, 3.8) is 0 Å². The molecule has 1 aromatic rings. The quantitative estimate of drug-likeness (QED) is 0.733. The Morgan fingerprint density at radius 1 is 1.27 bits per heavy atom. The highest BCUT2D eigenvalue weighted by molar-refractivity contribution is 6.46. The molecule has 0 aromatic heterocycles. The summed E-state index contributed by atoms with van der Waals surface area (Å²) in [5.74, 6) is 0. The van der Waals surface area contributed by atoms with Crippen LogP contribution in [0.25, 0.3) is 0 Å². The molecule has 0 amide bonds. The fraction of sp³-hybridized carbons (Fsp3) is 0.500. The molecule has 1 N–H and O–H groups in total. The summed E-state index contributed by atoms with van der Waals surface area (Å²) >= 11 is 0. The van der Waals surface area contributed by atoms with Crippen LogP contribution in [0.3, 0.4) is 0 Å². The Morgan fingerprint density at radius 3 is 2.33 bits per heavy atom. The van der Waals surface area contributed by atoms with Crippen molar-refractivity contribution in [3.05, 3.63) is 29.8 Å². The van der Waals surface area contributed by atoms with Gasteiger partial charge in [-0.25, -0.2) is 0 Å². The van der Waals surface area contributed by atoms with Crippen LogP contribution < -0.4 is 5.46 Å². The maximum Gasteiger partial charge on any atom is 0.330 e. The average molecular weight is 205 g/mol. The van der Waals surface area contributed by atoms with Gasteiger partial charge in [-0.3, -0.25) is 0 Å². The molecule has 2 atom stereocenters. The van der Waals surface area contributed by atoms with Crippen molar-refractivity contribution in [2.45, 2.75) is 39.4 Å². The van der Waals surface area contributed by atoms with Crippen LogP contribution in [0.15, 0.2) is 24.3 Å². The minimum atomic E-state index is -0.448. The number of aliphatic hydroxyl groups excluding tert-OH is 1. The van der Waals surface area contributed by atoms with E-state index in [-0.39, 0.29) is 6.10 Å². The lowest BCUT2D eigenvalue weighted by atomic mass is 9.87. The predicted octanol–water partition coefficient (Wildman–Crippen LogP) is 1.28. The van der Waals surface area contributed by atoms with E-state index in [4.69, 9.17) is 4.65 Å². The Hall–Kier alpha value is -0.795. The average Bonchev–Trinajstić information content (AvgIpc) is 2.26. The normalized spacial score (nSPS) is 14.7. The smallest absolute Gasteiger partial charge is 0.330 e. The maximum absolute atomic E-state index is 9.24. The molecular weight excluding hydrogens is 187 g/mol. The largest absolute Gasteiger partial charge is 0.429 e. The first-order chi connectivity index (χ1) is 7.13. The number of hydrogen-bond acceptors (Lipinski definition) is 2. The van der Waals surface area contributed by atoms with E-state index < -0.39 is 6.10 Å². The van der Waals surface area contributed by atoms with E-state index in [0.29, 0.717) is 0 Å². The van der Waals surface area contributed by atoms with E-state index in [1.807, 2.05) is 19.1 Å². The Morgan fingerprint density at radius 2 is 1.87 bits per heavy atom. The third kappa shape index (κ3) is 4.06. The fourth-order valence-electron chi connectivity index (χ4n) is 1.13. The second-order valence-electron chi connectivity index (χ2n) is 3.79. The molecule has 0 saturated carbocycles. The summed E-state index contributed by atoms with van der Waals surface area (Å²) < 4.78 is 5.39. The van der Waals surface area contributed by atoms with Gasteiger partial charge in [-0.1, -0.05) is 36.7 Å². The molecule has 3 heteroatoms. The Bertz CT molecular complexity index is 282. The first-order valence-corrected chi connectivity index (χ1v) is 5.39. The third-order valence-corrected chi connectivity index (χ3v) is 2.49. The van der Waals surface area contributed by atoms with E-state index in [1.165, 1.54) is 5.56 Å². The van der Waals surface area contributed by atoms with Gasteiger partial charge in [0, 0.05) is 0 Å². The summed E-state index contributed by atoms with van der Waals surface area (Å²) in [7, 11) is 1.69. The molecular formula is C12H18BO2. The number of benzene rings is 1. The van der Waals surface area contributed by atoms with Crippen LogP contribution in [-0.2, 0) is 11.1 Å². The minimum Gasteiger partial charge on any atom is -0.429 e. The van der Waals surface area contributed by atoms with Crippen molar-refractivity contribution < 1.29 is 9.76 Å². The molecule has 81 valence electrons. The third-order valence-electron chi connectivity index (χ3n) is 2.49. The van der Waals surface area contributed by atoms with Gasteiger partial charge in [-0.05, 0) is 25.8 Å². The summed E-state index contributed by atoms with van der Waals surface area (Å²) in [5, 5.41) is 9.24. The van der Waals surface area contributed by atoms with Gasteiger partial charge in [0.05, 0.1) is 12.2 Å². The molecule has 1 aromatic carbocycles. The lowest BCUT2D eigenvalue weighted by molar-refractivity contribution is 0.0643. The number of aryl methyl sites for hydroxylation is 1. The van der Waals surface area contributed by atoms with Gasteiger partial charge < -0.3 is 9.76 Å². The van der Waals surface area contributed by atoms with Gasteiger partial charge in [-0.2, -0.15) is 0 Å².